The summed E-state index contributed by atoms with van der Waals surface area (Å²) in [6.07, 6.45) is 8.56. The summed E-state index contributed by atoms with van der Waals surface area (Å²) in [7, 11) is 0. The van der Waals surface area contributed by atoms with Gasteiger partial charge in [-0.2, -0.15) is 0 Å². The third kappa shape index (κ3) is 6.50. The van der Waals surface area contributed by atoms with Gasteiger partial charge in [0, 0.05) is 22.4 Å². The van der Waals surface area contributed by atoms with Crippen LogP contribution in [0.25, 0.3) is 6.08 Å². The van der Waals surface area contributed by atoms with Crippen molar-refractivity contribution in [2.75, 3.05) is 18.1 Å². The van der Waals surface area contributed by atoms with Crippen LogP contribution < -0.4 is 5.73 Å². The number of hydrogen-bond donors (Lipinski definition) is 1. The SMILES string of the molecule is C=CC=CC(=C)CSc1ccc(N)c(C=CC(=O)OCC)c1. The van der Waals surface area contributed by atoms with Crippen LogP contribution in [0.4, 0.5) is 5.69 Å². The largest absolute Gasteiger partial charge is 0.463 e. The number of benzene rings is 1. The molecule has 0 saturated carbocycles. The fourth-order valence-corrected chi connectivity index (χ4v) is 2.39. The molecular weight excluding hydrogens is 294 g/mol. The van der Waals surface area contributed by atoms with Crippen LogP contribution in [-0.2, 0) is 9.53 Å². The first-order chi connectivity index (χ1) is 10.6. The maximum Gasteiger partial charge on any atom is 0.330 e. The van der Waals surface area contributed by atoms with Crippen LogP contribution in [0.3, 0.4) is 0 Å². The Hall–Kier alpha value is -2.20. The summed E-state index contributed by atoms with van der Waals surface area (Å²) in [4.78, 5) is 12.4. The fraction of sp³-hybridized carbons (Fsp3) is 0.167. The molecule has 0 radical (unpaired) electrons. The first kappa shape index (κ1) is 17.9. The first-order valence-electron chi connectivity index (χ1n) is 6.90. The van der Waals surface area contributed by atoms with E-state index in [0.29, 0.717) is 12.3 Å². The van der Waals surface area contributed by atoms with Gasteiger partial charge in [-0.25, -0.2) is 4.79 Å². The van der Waals surface area contributed by atoms with E-state index in [-0.39, 0.29) is 5.97 Å². The maximum absolute atomic E-state index is 11.3. The number of anilines is 1. The predicted octanol–water partition coefficient (Wildman–Crippen LogP) is 4.24. The van der Waals surface area contributed by atoms with Crippen LogP contribution in [0.2, 0.25) is 0 Å². The number of thioether (sulfide) groups is 1. The Morgan fingerprint density at radius 2 is 2.18 bits per heavy atom. The molecule has 4 heteroatoms. The van der Waals surface area contributed by atoms with Crippen molar-refractivity contribution in [3.63, 3.8) is 0 Å². The van der Waals surface area contributed by atoms with Crippen LogP contribution >= 0.6 is 11.8 Å². The van der Waals surface area contributed by atoms with Crippen LogP contribution in [0.5, 0.6) is 0 Å². The highest BCUT2D eigenvalue weighted by molar-refractivity contribution is 7.99. The molecule has 0 fully saturated rings. The lowest BCUT2D eigenvalue weighted by Crippen LogP contribution is -1.99. The molecule has 1 aromatic carbocycles. The molecule has 1 rings (SSSR count). The number of allylic oxidation sites excluding steroid dienone is 3. The number of rotatable bonds is 8. The van der Waals surface area contributed by atoms with Crippen molar-refractivity contribution in [1.29, 1.82) is 0 Å². The lowest BCUT2D eigenvalue weighted by Gasteiger charge is -2.06. The summed E-state index contributed by atoms with van der Waals surface area (Å²) in [6, 6.07) is 5.72. The van der Waals surface area contributed by atoms with Crippen molar-refractivity contribution in [3.8, 4) is 0 Å². The fourth-order valence-electron chi connectivity index (χ4n) is 1.56. The highest BCUT2D eigenvalue weighted by atomic mass is 32.2. The van der Waals surface area contributed by atoms with Crippen LogP contribution in [0.15, 0.2) is 66.1 Å². The van der Waals surface area contributed by atoms with Gasteiger partial charge in [0.15, 0.2) is 0 Å². The Labute approximate surface area is 136 Å². The monoisotopic (exact) mass is 315 g/mol. The molecule has 0 unspecified atom stereocenters. The van der Waals surface area contributed by atoms with Gasteiger partial charge in [0.25, 0.3) is 0 Å². The van der Waals surface area contributed by atoms with Gasteiger partial charge in [0.1, 0.15) is 0 Å². The van der Waals surface area contributed by atoms with Gasteiger partial charge in [-0.1, -0.05) is 31.4 Å². The molecule has 0 atom stereocenters. The normalized spacial score (nSPS) is 11.0. The standard InChI is InChI=1S/C18H21NO2S/c1-4-6-7-14(3)13-22-16-9-10-17(19)15(12-16)8-11-18(20)21-5-2/h4,6-12H,1,3,5,13,19H2,2H3. The van der Waals surface area contributed by atoms with E-state index in [9.17, 15) is 4.79 Å². The smallest absolute Gasteiger partial charge is 0.330 e. The number of ether oxygens (including phenoxy) is 1. The molecule has 0 heterocycles. The third-order valence-corrected chi connectivity index (χ3v) is 3.74. The van der Waals surface area contributed by atoms with E-state index in [0.717, 1.165) is 21.8 Å². The van der Waals surface area contributed by atoms with Crippen molar-refractivity contribution in [2.24, 2.45) is 0 Å². The minimum absolute atomic E-state index is 0.356. The number of carbonyl (C=O) groups is 1. The molecule has 0 bridgehead atoms. The second kappa shape index (κ2) is 9.68. The lowest BCUT2D eigenvalue weighted by atomic mass is 10.1. The van der Waals surface area contributed by atoms with Gasteiger partial charge in [-0.3, -0.25) is 0 Å². The summed E-state index contributed by atoms with van der Waals surface area (Å²) >= 11 is 1.66. The molecular formula is C18H21NO2S. The Morgan fingerprint density at radius 1 is 1.41 bits per heavy atom. The van der Waals surface area contributed by atoms with E-state index in [1.165, 1.54) is 6.08 Å². The van der Waals surface area contributed by atoms with E-state index < -0.39 is 0 Å². The third-order valence-electron chi connectivity index (χ3n) is 2.64. The second-order valence-electron chi connectivity index (χ2n) is 4.42. The molecule has 2 N–H and O–H groups in total. The Morgan fingerprint density at radius 3 is 2.86 bits per heavy atom. The van der Waals surface area contributed by atoms with E-state index in [4.69, 9.17) is 10.5 Å². The van der Waals surface area contributed by atoms with Crippen molar-refractivity contribution >= 4 is 29.5 Å². The molecule has 1 aromatic rings. The Balaban J connectivity index is 2.73. The summed E-state index contributed by atoms with van der Waals surface area (Å²) in [5.74, 6) is 0.401. The maximum atomic E-state index is 11.3. The number of hydrogen-bond acceptors (Lipinski definition) is 4. The summed E-state index contributed by atoms with van der Waals surface area (Å²) in [6.45, 7) is 9.72. The van der Waals surface area contributed by atoms with Gasteiger partial charge in [-0.15, -0.1) is 11.8 Å². The molecule has 0 aliphatic heterocycles. The van der Waals surface area contributed by atoms with Gasteiger partial charge in [-0.05, 0) is 42.3 Å². The molecule has 0 saturated heterocycles. The first-order valence-corrected chi connectivity index (χ1v) is 7.89. The highest BCUT2D eigenvalue weighted by Gasteiger charge is 2.01. The van der Waals surface area contributed by atoms with Gasteiger partial charge >= 0.3 is 5.97 Å². The minimum Gasteiger partial charge on any atom is -0.463 e. The number of nitrogens with two attached hydrogens (primary N) is 1. The van der Waals surface area contributed by atoms with Gasteiger partial charge in [0.2, 0.25) is 0 Å². The topological polar surface area (TPSA) is 52.3 Å². The second-order valence-corrected chi connectivity index (χ2v) is 5.47. The average molecular weight is 315 g/mol. The zero-order valence-electron chi connectivity index (χ0n) is 12.7. The molecule has 116 valence electrons. The molecule has 0 aliphatic carbocycles. The van der Waals surface area contributed by atoms with Crippen molar-refractivity contribution in [2.45, 2.75) is 11.8 Å². The average Bonchev–Trinajstić information content (AvgIpc) is 2.51. The molecule has 0 aliphatic rings. The van der Waals surface area contributed by atoms with E-state index >= 15 is 0 Å². The zero-order valence-corrected chi connectivity index (χ0v) is 13.6. The minimum atomic E-state index is -0.372. The Bertz CT molecular complexity index is 603. The molecule has 0 amide bonds. The van der Waals surface area contributed by atoms with E-state index in [1.807, 2.05) is 30.4 Å². The Kier molecular flexibility index (Phi) is 7.86. The number of esters is 1. The lowest BCUT2D eigenvalue weighted by molar-refractivity contribution is -0.137. The molecule has 0 spiro atoms. The van der Waals surface area contributed by atoms with E-state index in [1.54, 1.807) is 30.8 Å². The van der Waals surface area contributed by atoms with Crippen LogP contribution in [-0.4, -0.2) is 18.3 Å². The molecule has 0 aromatic heterocycles. The summed E-state index contributed by atoms with van der Waals surface area (Å²) in [5.41, 5.74) is 8.34. The quantitative estimate of drug-likeness (QED) is 0.256. The van der Waals surface area contributed by atoms with Crippen molar-refractivity contribution in [3.05, 3.63) is 66.8 Å². The number of nitrogen functional groups attached to an aromatic ring is 1. The van der Waals surface area contributed by atoms with E-state index in [2.05, 4.69) is 13.2 Å². The molecule has 3 nitrogen and oxygen atoms in total. The van der Waals surface area contributed by atoms with Gasteiger partial charge < -0.3 is 10.5 Å². The molecule has 22 heavy (non-hydrogen) atoms. The summed E-state index contributed by atoms with van der Waals surface area (Å²) < 4.78 is 4.85. The highest BCUT2D eigenvalue weighted by Crippen LogP contribution is 2.25. The predicted molar refractivity (Wildman–Crippen MR) is 95.7 cm³/mol. The van der Waals surface area contributed by atoms with Crippen molar-refractivity contribution in [1.82, 2.24) is 0 Å². The zero-order chi connectivity index (χ0) is 16.4. The van der Waals surface area contributed by atoms with Crippen molar-refractivity contribution < 1.29 is 9.53 Å². The summed E-state index contributed by atoms with van der Waals surface area (Å²) in [5, 5.41) is 0. The van der Waals surface area contributed by atoms with Gasteiger partial charge in [0.05, 0.1) is 6.61 Å². The van der Waals surface area contributed by atoms with Crippen LogP contribution in [0, 0.1) is 0 Å². The number of carbonyl (C=O) groups excluding carboxylic acids is 1. The van der Waals surface area contributed by atoms with Crippen LogP contribution in [0.1, 0.15) is 12.5 Å².